The Morgan fingerprint density at radius 1 is 1.55 bits per heavy atom. The molecule has 122 valence electrons. The molecule has 1 aromatic rings. The third-order valence-electron chi connectivity index (χ3n) is 4.45. The summed E-state index contributed by atoms with van der Waals surface area (Å²) in [5.74, 6) is 1.68. The van der Waals surface area contributed by atoms with Crippen LogP contribution in [0.4, 0.5) is 0 Å². The van der Waals surface area contributed by atoms with Gasteiger partial charge in [-0.25, -0.2) is 4.98 Å². The van der Waals surface area contributed by atoms with Gasteiger partial charge in [0.25, 0.3) is 0 Å². The summed E-state index contributed by atoms with van der Waals surface area (Å²) in [7, 11) is 4.08. The van der Waals surface area contributed by atoms with Crippen LogP contribution in [0.5, 0.6) is 0 Å². The van der Waals surface area contributed by atoms with E-state index < -0.39 is 0 Å². The summed E-state index contributed by atoms with van der Waals surface area (Å²) in [4.78, 5) is 18.6. The van der Waals surface area contributed by atoms with Crippen LogP contribution in [0.3, 0.4) is 0 Å². The van der Waals surface area contributed by atoms with Crippen molar-refractivity contribution < 1.29 is 9.53 Å². The van der Waals surface area contributed by atoms with Gasteiger partial charge in [0.05, 0.1) is 23.9 Å². The summed E-state index contributed by atoms with van der Waals surface area (Å²) in [6, 6.07) is 0.464. The number of rotatable bonds is 6. The third-order valence-corrected chi connectivity index (χ3v) is 5.30. The zero-order valence-corrected chi connectivity index (χ0v) is 14.0. The highest BCUT2D eigenvalue weighted by Gasteiger charge is 2.55. The van der Waals surface area contributed by atoms with Gasteiger partial charge in [-0.2, -0.15) is 0 Å². The predicted octanol–water partition coefficient (Wildman–Crippen LogP) is 0.293. The van der Waals surface area contributed by atoms with Crippen molar-refractivity contribution in [3.8, 4) is 0 Å². The van der Waals surface area contributed by atoms with Gasteiger partial charge < -0.3 is 15.0 Å². The number of nitrogens with one attached hydrogen (secondary N) is 2. The summed E-state index contributed by atoms with van der Waals surface area (Å²) in [6.07, 6.45) is 2.12. The fraction of sp³-hybridized carbons (Fsp3) is 0.786. The largest absolute Gasteiger partial charge is 0.376 e. The minimum Gasteiger partial charge on any atom is -0.376 e. The molecule has 1 saturated heterocycles. The Morgan fingerprint density at radius 3 is 3.05 bits per heavy atom. The molecule has 0 aromatic carbocycles. The number of ether oxygens (including phenoxy) is 1. The minimum atomic E-state index is 0.0371. The Morgan fingerprint density at radius 2 is 2.36 bits per heavy atom. The zero-order chi connectivity index (χ0) is 15.7. The van der Waals surface area contributed by atoms with Gasteiger partial charge in [-0.05, 0) is 20.5 Å². The highest BCUT2D eigenvalue weighted by Crippen LogP contribution is 2.41. The summed E-state index contributed by atoms with van der Waals surface area (Å²) in [5, 5.41) is 10.7. The molecule has 8 heteroatoms. The van der Waals surface area contributed by atoms with Crippen LogP contribution in [0.1, 0.15) is 19.2 Å². The molecular formula is C14H23N5O2S. The number of aromatic amines is 1. The Kier molecular flexibility index (Phi) is 4.70. The number of fused-ring (bicyclic) bond motifs is 1. The van der Waals surface area contributed by atoms with E-state index in [2.05, 4.69) is 25.4 Å². The Balaban J connectivity index is 1.50. The molecule has 2 heterocycles. The number of nitrogens with zero attached hydrogens (tertiary/aromatic N) is 3. The van der Waals surface area contributed by atoms with Crippen LogP contribution in [0.2, 0.25) is 0 Å². The summed E-state index contributed by atoms with van der Waals surface area (Å²) >= 11 is 1.37. The molecule has 1 aliphatic carbocycles. The van der Waals surface area contributed by atoms with E-state index in [9.17, 15) is 4.79 Å². The number of aryl methyl sites for hydroxylation is 1. The topological polar surface area (TPSA) is 83.1 Å². The van der Waals surface area contributed by atoms with E-state index in [1.165, 1.54) is 11.8 Å². The van der Waals surface area contributed by atoms with Crippen molar-refractivity contribution in [2.24, 2.45) is 5.92 Å². The maximum Gasteiger partial charge on any atom is 0.230 e. The average molecular weight is 325 g/mol. The van der Waals surface area contributed by atoms with E-state index in [0.717, 1.165) is 25.3 Å². The minimum absolute atomic E-state index is 0.0371. The van der Waals surface area contributed by atoms with Gasteiger partial charge in [0.1, 0.15) is 5.82 Å². The van der Waals surface area contributed by atoms with Crippen molar-refractivity contribution in [2.45, 2.75) is 43.1 Å². The molecule has 2 aliphatic rings. The molecule has 0 bridgehead atoms. The van der Waals surface area contributed by atoms with Gasteiger partial charge >= 0.3 is 0 Å². The normalized spacial score (nSPS) is 30.2. The molecular weight excluding hydrogens is 302 g/mol. The van der Waals surface area contributed by atoms with Crippen LogP contribution in [-0.4, -0.2) is 70.6 Å². The van der Waals surface area contributed by atoms with Crippen LogP contribution in [-0.2, 0) is 16.0 Å². The van der Waals surface area contributed by atoms with Crippen LogP contribution in [0, 0.1) is 5.92 Å². The van der Waals surface area contributed by atoms with Crippen LogP contribution >= 0.6 is 11.8 Å². The number of aromatic nitrogens is 3. The molecule has 1 aromatic heterocycles. The van der Waals surface area contributed by atoms with Gasteiger partial charge in [0.2, 0.25) is 11.1 Å². The third kappa shape index (κ3) is 3.00. The lowest BCUT2D eigenvalue weighted by molar-refractivity contribution is -0.125. The molecule has 0 spiro atoms. The molecule has 1 aliphatic heterocycles. The first kappa shape index (κ1) is 15.8. The number of carbonyl (C=O) groups excluding carboxylic acids is 1. The van der Waals surface area contributed by atoms with Crippen molar-refractivity contribution in [1.29, 1.82) is 0 Å². The van der Waals surface area contributed by atoms with E-state index in [-0.39, 0.29) is 24.1 Å². The Hall–Kier alpha value is -1.12. The summed E-state index contributed by atoms with van der Waals surface area (Å²) in [5.41, 5.74) is 0. The second-order valence-corrected chi connectivity index (χ2v) is 6.98. The number of thioether (sulfide) groups is 1. The molecule has 7 nitrogen and oxygen atoms in total. The molecule has 1 amide bonds. The smallest absolute Gasteiger partial charge is 0.230 e. The van der Waals surface area contributed by atoms with E-state index in [1.807, 2.05) is 21.0 Å². The summed E-state index contributed by atoms with van der Waals surface area (Å²) < 4.78 is 5.76. The highest BCUT2D eigenvalue weighted by molar-refractivity contribution is 7.99. The molecule has 1 saturated carbocycles. The van der Waals surface area contributed by atoms with Gasteiger partial charge in [-0.15, -0.1) is 5.10 Å². The van der Waals surface area contributed by atoms with Crippen molar-refractivity contribution in [3.05, 3.63) is 5.82 Å². The zero-order valence-electron chi connectivity index (χ0n) is 13.2. The average Bonchev–Trinajstić information content (AvgIpc) is 3.09. The number of amides is 1. The van der Waals surface area contributed by atoms with Crippen LogP contribution in [0.25, 0.3) is 0 Å². The molecule has 2 fully saturated rings. The SMILES string of the molecule is CCc1nc(SCC(=O)N[C@@H]2[C@@H]3CCO[C@@H]3[C@H]2N(C)C)n[nH]1. The number of H-pyrrole nitrogens is 1. The van der Waals surface area contributed by atoms with E-state index >= 15 is 0 Å². The van der Waals surface area contributed by atoms with E-state index in [1.54, 1.807) is 0 Å². The van der Waals surface area contributed by atoms with Crippen molar-refractivity contribution in [3.63, 3.8) is 0 Å². The van der Waals surface area contributed by atoms with Gasteiger partial charge in [0, 0.05) is 18.9 Å². The number of carbonyl (C=O) groups is 1. The second kappa shape index (κ2) is 6.55. The fourth-order valence-electron chi connectivity index (χ4n) is 3.34. The number of hydrogen-bond donors (Lipinski definition) is 2. The lowest BCUT2D eigenvalue weighted by Crippen LogP contribution is -2.69. The molecule has 0 unspecified atom stereocenters. The van der Waals surface area contributed by atoms with E-state index in [0.29, 0.717) is 16.8 Å². The molecule has 3 rings (SSSR count). The van der Waals surface area contributed by atoms with Gasteiger partial charge in [0.15, 0.2) is 0 Å². The first-order chi connectivity index (χ1) is 10.6. The monoisotopic (exact) mass is 325 g/mol. The van der Waals surface area contributed by atoms with Gasteiger partial charge in [-0.1, -0.05) is 18.7 Å². The fourth-order valence-corrected chi connectivity index (χ4v) is 3.97. The number of hydrogen-bond acceptors (Lipinski definition) is 6. The van der Waals surface area contributed by atoms with Crippen molar-refractivity contribution in [1.82, 2.24) is 25.4 Å². The molecule has 0 radical (unpaired) electrons. The predicted molar refractivity (Wildman–Crippen MR) is 83.7 cm³/mol. The number of likely N-dealkylation sites (N-methyl/N-ethyl adjacent to an activating group) is 1. The first-order valence-electron chi connectivity index (χ1n) is 7.71. The van der Waals surface area contributed by atoms with Crippen LogP contribution in [0.15, 0.2) is 5.16 Å². The lowest BCUT2D eigenvalue weighted by Gasteiger charge is -2.50. The quantitative estimate of drug-likeness (QED) is 0.732. The first-order valence-corrected chi connectivity index (χ1v) is 8.70. The highest BCUT2D eigenvalue weighted by atomic mass is 32.2. The molecule has 2 N–H and O–H groups in total. The lowest BCUT2D eigenvalue weighted by atomic mass is 9.71. The summed E-state index contributed by atoms with van der Waals surface area (Å²) in [6.45, 7) is 2.82. The maximum absolute atomic E-state index is 12.2. The van der Waals surface area contributed by atoms with Crippen molar-refractivity contribution >= 4 is 17.7 Å². The standard InChI is InChI=1S/C14H23N5O2S/c1-4-9-15-14(18-17-9)22-7-10(20)16-11-8-5-6-21-13(8)12(11)19(2)3/h8,11-13H,4-7H2,1-3H3,(H,16,20)(H,15,17,18)/t8-,11+,12-,13-/m0/s1. The molecule has 22 heavy (non-hydrogen) atoms. The molecule has 4 atom stereocenters. The van der Waals surface area contributed by atoms with Crippen LogP contribution < -0.4 is 5.32 Å². The van der Waals surface area contributed by atoms with Crippen molar-refractivity contribution in [2.75, 3.05) is 26.5 Å². The second-order valence-electron chi connectivity index (χ2n) is 6.04. The van der Waals surface area contributed by atoms with Gasteiger partial charge in [-0.3, -0.25) is 9.89 Å². The Bertz CT molecular complexity index is 535. The Labute approximate surface area is 134 Å². The van der Waals surface area contributed by atoms with E-state index in [4.69, 9.17) is 4.74 Å². The maximum atomic E-state index is 12.2.